The second-order valence-electron chi connectivity index (χ2n) is 4.01. The fourth-order valence-corrected chi connectivity index (χ4v) is 2.36. The lowest BCUT2D eigenvalue weighted by molar-refractivity contribution is -0.384. The van der Waals surface area contributed by atoms with E-state index in [1.165, 1.54) is 30.3 Å². The van der Waals surface area contributed by atoms with E-state index in [2.05, 4.69) is 21.2 Å². The Morgan fingerprint density at radius 2 is 2.05 bits per heavy atom. The Morgan fingerprint density at radius 1 is 1.30 bits per heavy atom. The molecule has 4 nitrogen and oxygen atoms in total. The Hall–Kier alpha value is -1.66. The molecule has 0 heterocycles. The second-order valence-corrected chi connectivity index (χ2v) is 5.27. The predicted octanol–water partition coefficient (Wildman–Crippen LogP) is 4.76. The van der Waals surface area contributed by atoms with E-state index in [1.54, 1.807) is 6.07 Å². The first-order valence-electron chi connectivity index (χ1n) is 5.59. The summed E-state index contributed by atoms with van der Waals surface area (Å²) in [4.78, 5) is 10.2. The molecule has 0 radical (unpaired) electrons. The average molecular weight is 360 g/mol. The summed E-state index contributed by atoms with van der Waals surface area (Å²) < 4.78 is 13.5. The summed E-state index contributed by atoms with van der Waals surface area (Å²) in [5.74, 6) is -0.405. The molecule has 0 aliphatic heterocycles. The van der Waals surface area contributed by atoms with Crippen LogP contribution in [0, 0.1) is 15.9 Å². The van der Waals surface area contributed by atoms with Crippen LogP contribution in [0.2, 0.25) is 5.02 Å². The predicted molar refractivity (Wildman–Crippen MR) is 79.5 cm³/mol. The number of halogens is 3. The first-order chi connectivity index (χ1) is 9.47. The van der Waals surface area contributed by atoms with E-state index in [-0.39, 0.29) is 10.7 Å². The second kappa shape index (κ2) is 6.19. The maximum absolute atomic E-state index is 12.9. The normalized spacial score (nSPS) is 10.3. The van der Waals surface area contributed by atoms with Crippen molar-refractivity contribution >= 4 is 38.9 Å². The summed E-state index contributed by atoms with van der Waals surface area (Å²) in [5, 5.41) is 14.0. The van der Waals surface area contributed by atoms with Gasteiger partial charge in [-0.2, -0.15) is 0 Å². The summed E-state index contributed by atoms with van der Waals surface area (Å²) in [7, 11) is 0. The van der Waals surface area contributed by atoms with Crippen LogP contribution in [0.1, 0.15) is 5.56 Å². The van der Waals surface area contributed by atoms with Gasteiger partial charge in [0.15, 0.2) is 0 Å². The van der Waals surface area contributed by atoms with Crippen molar-refractivity contribution in [3.8, 4) is 0 Å². The molecule has 0 aliphatic carbocycles. The molecule has 7 heteroatoms. The molecule has 104 valence electrons. The van der Waals surface area contributed by atoms with Gasteiger partial charge in [0.25, 0.3) is 5.69 Å². The summed E-state index contributed by atoms with van der Waals surface area (Å²) in [6.07, 6.45) is 0. The lowest BCUT2D eigenvalue weighted by Gasteiger charge is -2.09. The molecule has 0 amide bonds. The van der Waals surface area contributed by atoms with Crippen molar-refractivity contribution in [3.05, 3.63) is 67.4 Å². The quantitative estimate of drug-likeness (QED) is 0.632. The third-order valence-electron chi connectivity index (χ3n) is 2.65. The van der Waals surface area contributed by atoms with Crippen LogP contribution in [0.25, 0.3) is 0 Å². The van der Waals surface area contributed by atoms with Gasteiger partial charge in [0.2, 0.25) is 0 Å². The third kappa shape index (κ3) is 3.46. The minimum absolute atomic E-state index is 0.0143. The monoisotopic (exact) mass is 358 g/mol. The van der Waals surface area contributed by atoms with Crippen LogP contribution < -0.4 is 5.32 Å². The van der Waals surface area contributed by atoms with Gasteiger partial charge in [-0.3, -0.25) is 10.1 Å². The van der Waals surface area contributed by atoms with Crippen molar-refractivity contribution < 1.29 is 9.31 Å². The Kier molecular flexibility index (Phi) is 4.57. The van der Waals surface area contributed by atoms with Crippen LogP contribution >= 0.6 is 27.5 Å². The molecule has 0 saturated heterocycles. The molecule has 0 aromatic heterocycles. The van der Waals surface area contributed by atoms with Gasteiger partial charge in [0.1, 0.15) is 5.82 Å². The van der Waals surface area contributed by atoms with Gasteiger partial charge < -0.3 is 5.32 Å². The van der Waals surface area contributed by atoms with Gasteiger partial charge >= 0.3 is 0 Å². The number of benzene rings is 2. The smallest absolute Gasteiger partial charge is 0.270 e. The molecule has 2 aromatic carbocycles. The largest absolute Gasteiger partial charge is 0.380 e. The molecule has 0 fully saturated rings. The maximum Gasteiger partial charge on any atom is 0.270 e. The summed E-state index contributed by atoms with van der Waals surface area (Å²) in [6.45, 7) is 0.407. The van der Waals surface area contributed by atoms with E-state index >= 15 is 0 Å². The molecule has 0 atom stereocenters. The number of hydrogen-bond acceptors (Lipinski definition) is 3. The molecule has 0 spiro atoms. The highest BCUT2D eigenvalue weighted by atomic mass is 79.9. The number of nitrogens with zero attached hydrogens (tertiary/aromatic N) is 1. The van der Waals surface area contributed by atoms with Crippen molar-refractivity contribution in [2.75, 3.05) is 5.32 Å². The Morgan fingerprint density at radius 3 is 2.65 bits per heavy atom. The van der Waals surface area contributed by atoms with Crippen LogP contribution in [-0.4, -0.2) is 4.92 Å². The van der Waals surface area contributed by atoms with Gasteiger partial charge in [-0.15, -0.1) is 0 Å². The van der Waals surface area contributed by atoms with Crippen molar-refractivity contribution in [3.63, 3.8) is 0 Å². The summed E-state index contributed by atoms with van der Waals surface area (Å²) >= 11 is 9.18. The van der Waals surface area contributed by atoms with Crippen molar-refractivity contribution in [2.45, 2.75) is 6.54 Å². The highest BCUT2D eigenvalue weighted by Crippen LogP contribution is 2.26. The highest BCUT2D eigenvalue weighted by Gasteiger charge is 2.09. The Labute approximate surface area is 127 Å². The first-order valence-corrected chi connectivity index (χ1v) is 6.76. The Balaban J connectivity index is 2.13. The van der Waals surface area contributed by atoms with Gasteiger partial charge in [0.05, 0.1) is 15.6 Å². The maximum atomic E-state index is 12.9. The first kappa shape index (κ1) is 14.7. The molecular formula is C13H9BrClFN2O2. The van der Waals surface area contributed by atoms with Crippen LogP contribution in [0.4, 0.5) is 15.8 Å². The van der Waals surface area contributed by atoms with Crippen LogP contribution in [0.3, 0.4) is 0 Å². The molecular weight excluding hydrogens is 351 g/mol. The van der Waals surface area contributed by atoms with Crippen LogP contribution in [0.15, 0.2) is 40.9 Å². The number of anilines is 1. The fraction of sp³-hybridized carbons (Fsp3) is 0.0769. The molecule has 20 heavy (non-hydrogen) atoms. The molecule has 0 aliphatic rings. The zero-order valence-electron chi connectivity index (χ0n) is 10.1. The van der Waals surface area contributed by atoms with Crippen molar-refractivity contribution in [1.82, 2.24) is 0 Å². The summed E-state index contributed by atoms with van der Waals surface area (Å²) in [6, 6.07) is 8.56. The van der Waals surface area contributed by atoms with Crippen LogP contribution in [0.5, 0.6) is 0 Å². The fourth-order valence-electron chi connectivity index (χ4n) is 1.62. The standard InChI is InChI=1S/C13H9BrClFN2O2/c14-11-6-10(18(19)20)3-1-8(11)7-17-13-4-2-9(16)5-12(13)15/h1-6,17H,7H2. The van der Waals surface area contributed by atoms with E-state index < -0.39 is 10.7 Å². The number of hydrogen-bond donors (Lipinski definition) is 1. The minimum Gasteiger partial charge on any atom is -0.380 e. The van der Waals surface area contributed by atoms with Gasteiger partial charge in [-0.1, -0.05) is 27.5 Å². The van der Waals surface area contributed by atoms with E-state index in [9.17, 15) is 14.5 Å². The van der Waals surface area contributed by atoms with E-state index in [4.69, 9.17) is 11.6 Å². The number of non-ortho nitro benzene ring substituents is 1. The zero-order valence-corrected chi connectivity index (χ0v) is 12.4. The average Bonchev–Trinajstić information content (AvgIpc) is 2.38. The van der Waals surface area contributed by atoms with E-state index in [0.717, 1.165) is 5.56 Å². The molecule has 0 bridgehead atoms. The molecule has 1 N–H and O–H groups in total. The van der Waals surface area contributed by atoms with E-state index in [0.29, 0.717) is 16.7 Å². The van der Waals surface area contributed by atoms with Crippen LogP contribution in [-0.2, 0) is 6.54 Å². The third-order valence-corrected chi connectivity index (χ3v) is 3.70. The SMILES string of the molecule is O=[N+]([O-])c1ccc(CNc2ccc(F)cc2Cl)c(Br)c1. The van der Waals surface area contributed by atoms with Crippen molar-refractivity contribution in [2.24, 2.45) is 0 Å². The van der Waals surface area contributed by atoms with E-state index in [1.807, 2.05) is 0 Å². The molecule has 2 aromatic rings. The van der Waals surface area contributed by atoms with Gasteiger partial charge in [0, 0.05) is 23.2 Å². The van der Waals surface area contributed by atoms with Crippen molar-refractivity contribution in [1.29, 1.82) is 0 Å². The number of nitro benzene ring substituents is 1. The number of nitrogens with one attached hydrogen (secondary N) is 1. The number of nitro groups is 1. The topological polar surface area (TPSA) is 55.2 Å². The minimum atomic E-state index is -0.460. The summed E-state index contributed by atoms with van der Waals surface area (Å²) in [5.41, 5.74) is 1.44. The number of rotatable bonds is 4. The lowest BCUT2D eigenvalue weighted by Crippen LogP contribution is -2.01. The highest BCUT2D eigenvalue weighted by molar-refractivity contribution is 9.10. The molecule has 2 rings (SSSR count). The zero-order chi connectivity index (χ0) is 14.7. The van der Waals surface area contributed by atoms with Gasteiger partial charge in [-0.25, -0.2) is 4.39 Å². The Bertz CT molecular complexity index is 667. The molecule has 0 saturated carbocycles. The molecule has 0 unspecified atom stereocenters. The van der Waals surface area contributed by atoms with Gasteiger partial charge in [-0.05, 0) is 29.8 Å². The lowest BCUT2D eigenvalue weighted by atomic mass is 10.2.